The molecule has 0 atom stereocenters. The molecule has 1 amide bonds. The van der Waals surface area contributed by atoms with E-state index in [1.165, 1.54) is 16.2 Å². The van der Waals surface area contributed by atoms with Crippen LogP contribution >= 0.6 is 0 Å². The Kier molecular flexibility index (Phi) is 4.58. The molecule has 3 aromatic rings. The third-order valence-electron chi connectivity index (χ3n) is 4.57. The number of carbonyl (C=O) groups excluding carboxylic acids is 1. The first-order valence-electron chi connectivity index (χ1n) is 9.05. The maximum atomic E-state index is 12.3. The van der Waals surface area contributed by atoms with Crippen LogP contribution in [0, 0.1) is 0 Å². The Bertz CT molecular complexity index is 1020. The summed E-state index contributed by atoms with van der Waals surface area (Å²) >= 11 is 0. The quantitative estimate of drug-likeness (QED) is 0.726. The molecule has 27 heavy (non-hydrogen) atoms. The maximum Gasteiger partial charge on any atom is 0.259 e. The summed E-state index contributed by atoms with van der Waals surface area (Å²) in [4.78, 5) is 28.8. The van der Waals surface area contributed by atoms with Crippen LogP contribution in [0.3, 0.4) is 0 Å². The molecule has 138 valence electrons. The van der Waals surface area contributed by atoms with Gasteiger partial charge in [0.2, 0.25) is 5.91 Å². The van der Waals surface area contributed by atoms with Crippen LogP contribution in [0.15, 0.2) is 51.9 Å². The molecule has 1 fully saturated rings. The Labute approximate surface area is 156 Å². The van der Waals surface area contributed by atoms with Gasteiger partial charge in [0, 0.05) is 23.9 Å². The van der Waals surface area contributed by atoms with E-state index in [2.05, 4.69) is 22.4 Å². The fraction of sp³-hybridized carbons (Fsp3) is 0.300. The van der Waals surface area contributed by atoms with E-state index in [1.54, 1.807) is 12.3 Å². The number of rotatable bonds is 6. The van der Waals surface area contributed by atoms with Crippen molar-refractivity contribution in [3.8, 4) is 11.5 Å². The summed E-state index contributed by atoms with van der Waals surface area (Å²) < 4.78 is 6.63. The molecule has 0 bridgehead atoms. The lowest BCUT2D eigenvalue weighted by molar-refractivity contribution is -0.116. The van der Waals surface area contributed by atoms with Crippen LogP contribution in [0.2, 0.25) is 0 Å². The molecule has 0 aliphatic heterocycles. The van der Waals surface area contributed by atoms with Crippen LogP contribution < -0.4 is 10.9 Å². The number of pyridine rings is 1. The molecule has 0 radical (unpaired) electrons. The highest BCUT2D eigenvalue weighted by atomic mass is 16.5. The van der Waals surface area contributed by atoms with E-state index in [1.807, 2.05) is 24.3 Å². The molecule has 2 aromatic heterocycles. The van der Waals surface area contributed by atoms with Gasteiger partial charge in [-0.3, -0.25) is 9.59 Å². The first-order valence-corrected chi connectivity index (χ1v) is 9.05. The van der Waals surface area contributed by atoms with Gasteiger partial charge in [-0.25, -0.2) is 0 Å². The van der Waals surface area contributed by atoms with Gasteiger partial charge >= 0.3 is 0 Å². The van der Waals surface area contributed by atoms with E-state index in [-0.39, 0.29) is 18.0 Å². The second-order valence-electron chi connectivity index (χ2n) is 6.71. The van der Waals surface area contributed by atoms with Gasteiger partial charge in [0.05, 0.1) is 5.56 Å². The van der Waals surface area contributed by atoms with Crippen molar-refractivity contribution in [3.05, 3.63) is 64.3 Å². The van der Waals surface area contributed by atoms with Crippen molar-refractivity contribution in [1.29, 1.82) is 0 Å². The van der Waals surface area contributed by atoms with E-state index in [0.29, 0.717) is 28.9 Å². The summed E-state index contributed by atoms with van der Waals surface area (Å²) in [5.41, 5.74) is 2.25. The molecule has 1 aliphatic rings. The van der Waals surface area contributed by atoms with E-state index in [0.717, 1.165) is 19.3 Å². The van der Waals surface area contributed by atoms with Crippen molar-refractivity contribution in [3.63, 3.8) is 0 Å². The number of hydrogen-bond acceptors (Lipinski definition) is 5. The predicted octanol–water partition coefficient (Wildman–Crippen LogP) is 2.98. The Morgan fingerprint density at radius 2 is 2.00 bits per heavy atom. The first-order chi connectivity index (χ1) is 13.1. The highest BCUT2D eigenvalue weighted by Crippen LogP contribution is 2.38. The number of anilines is 1. The van der Waals surface area contributed by atoms with Crippen LogP contribution in [0.25, 0.3) is 11.5 Å². The average Bonchev–Trinajstić information content (AvgIpc) is 3.41. The van der Waals surface area contributed by atoms with Crippen molar-refractivity contribution >= 4 is 11.6 Å². The van der Waals surface area contributed by atoms with Gasteiger partial charge in [-0.2, -0.15) is 4.98 Å². The van der Waals surface area contributed by atoms with E-state index in [9.17, 15) is 9.59 Å². The number of benzene rings is 1. The zero-order valence-corrected chi connectivity index (χ0v) is 15.0. The summed E-state index contributed by atoms with van der Waals surface area (Å²) in [6.45, 7) is 1.98. The summed E-state index contributed by atoms with van der Waals surface area (Å²) in [6, 6.07) is 10.7. The molecule has 0 saturated heterocycles. The van der Waals surface area contributed by atoms with Crippen molar-refractivity contribution in [2.45, 2.75) is 38.6 Å². The van der Waals surface area contributed by atoms with Gasteiger partial charge < -0.3 is 14.4 Å². The van der Waals surface area contributed by atoms with Crippen LogP contribution in [-0.4, -0.2) is 20.6 Å². The summed E-state index contributed by atoms with van der Waals surface area (Å²) in [6.07, 6.45) is 4.68. The number of aromatic nitrogens is 3. The van der Waals surface area contributed by atoms with E-state index >= 15 is 0 Å². The Balaban J connectivity index is 1.48. The number of carbonyl (C=O) groups is 1. The molecule has 7 heteroatoms. The lowest BCUT2D eigenvalue weighted by Crippen LogP contribution is -2.26. The highest BCUT2D eigenvalue weighted by molar-refractivity contribution is 5.90. The van der Waals surface area contributed by atoms with Gasteiger partial charge in [-0.1, -0.05) is 24.2 Å². The molecule has 4 rings (SSSR count). The molecule has 1 N–H and O–H groups in total. The minimum Gasteiger partial charge on any atom is -0.334 e. The molecule has 1 aliphatic carbocycles. The number of aryl methyl sites for hydroxylation is 1. The lowest BCUT2D eigenvalue weighted by atomic mass is 10.1. The third kappa shape index (κ3) is 3.97. The minimum absolute atomic E-state index is 0.0914. The predicted molar refractivity (Wildman–Crippen MR) is 100 cm³/mol. The molecular formula is C20H20N4O3. The lowest BCUT2D eigenvalue weighted by Gasteiger charge is -2.08. The second kappa shape index (κ2) is 7.19. The van der Waals surface area contributed by atoms with Gasteiger partial charge in [0.25, 0.3) is 11.4 Å². The fourth-order valence-corrected chi connectivity index (χ4v) is 2.82. The van der Waals surface area contributed by atoms with Crippen LogP contribution in [0.4, 0.5) is 5.69 Å². The fourth-order valence-electron chi connectivity index (χ4n) is 2.82. The molecule has 0 spiro atoms. The summed E-state index contributed by atoms with van der Waals surface area (Å²) in [5, 5.41) is 6.79. The number of amides is 1. The van der Waals surface area contributed by atoms with Crippen LogP contribution in [-0.2, 0) is 17.8 Å². The highest BCUT2D eigenvalue weighted by Gasteiger charge is 2.29. The zero-order valence-electron chi connectivity index (χ0n) is 15.0. The van der Waals surface area contributed by atoms with Gasteiger partial charge in [0.15, 0.2) is 5.82 Å². The van der Waals surface area contributed by atoms with E-state index < -0.39 is 0 Å². The van der Waals surface area contributed by atoms with Crippen molar-refractivity contribution in [1.82, 2.24) is 14.7 Å². The molecule has 1 aromatic carbocycles. The van der Waals surface area contributed by atoms with Crippen molar-refractivity contribution in [2.75, 3.05) is 5.32 Å². The standard InChI is InChI=1S/C20H20N4O3/c1-2-13-3-8-16(9-4-13)21-17(25)12-24-11-15(7-10-18(24)26)20-22-19(23-27-20)14-5-6-14/h3-4,7-11,14H,2,5-6,12H2,1H3,(H,21,25). The monoisotopic (exact) mass is 364 g/mol. The number of nitrogens with one attached hydrogen (secondary N) is 1. The Hall–Kier alpha value is -3.22. The van der Waals surface area contributed by atoms with Gasteiger partial charge in [-0.05, 0) is 43.0 Å². The van der Waals surface area contributed by atoms with Gasteiger partial charge in [-0.15, -0.1) is 0 Å². The largest absolute Gasteiger partial charge is 0.334 e. The average molecular weight is 364 g/mol. The summed E-state index contributed by atoms with van der Waals surface area (Å²) in [5.74, 6) is 1.18. The minimum atomic E-state index is -0.275. The molecule has 7 nitrogen and oxygen atoms in total. The summed E-state index contributed by atoms with van der Waals surface area (Å²) in [7, 11) is 0. The first kappa shape index (κ1) is 17.2. The number of nitrogens with zero attached hydrogens (tertiary/aromatic N) is 3. The van der Waals surface area contributed by atoms with Crippen LogP contribution in [0.5, 0.6) is 0 Å². The molecule has 2 heterocycles. The Morgan fingerprint density at radius 1 is 1.22 bits per heavy atom. The van der Waals surface area contributed by atoms with Crippen molar-refractivity contribution in [2.24, 2.45) is 0 Å². The number of hydrogen-bond donors (Lipinski definition) is 1. The second-order valence-corrected chi connectivity index (χ2v) is 6.71. The van der Waals surface area contributed by atoms with Gasteiger partial charge in [0.1, 0.15) is 6.54 Å². The normalized spacial score (nSPS) is 13.5. The van der Waals surface area contributed by atoms with Crippen LogP contribution in [0.1, 0.15) is 37.1 Å². The van der Waals surface area contributed by atoms with E-state index in [4.69, 9.17) is 4.52 Å². The Morgan fingerprint density at radius 3 is 2.70 bits per heavy atom. The van der Waals surface area contributed by atoms with Crippen molar-refractivity contribution < 1.29 is 9.32 Å². The SMILES string of the molecule is CCc1ccc(NC(=O)Cn2cc(-c3nc(C4CC4)no3)ccc2=O)cc1. The maximum absolute atomic E-state index is 12.3. The third-order valence-corrected chi connectivity index (χ3v) is 4.57. The zero-order chi connectivity index (χ0) is 18.8. The topological polar surface area (TPSA) is 90.0 Å². The molecule has 0 unspecified atom stereocenters. The smallest absolute Gasteiger partial charge is 0.259 e. The molecular weight excluding hydrogens is 344 g/mol. The molecule has 1 saturated carbocycles.